The number of hydrogen-bond donors (Lipinski definition) is 1. The van der Waals surface area contributed by atoms with Crippen LogP contribution in [0.25, 0.3) is 11.3 Å². The molecule has 29 heavy (non-hydrogen) atoms. The third-order valence-electron chi connectivity index (χ3n) is 5.04. The largest absolute Gasteiger partial charge is 0.354 e. The van der Waals surface area contributed by atoms with Gasteiger partial charge in [0.2, 0.25) is 0 Å². The molecule has 2 heterocycles. The molecule has 6 nitrogen and oxygen atoms in total. The van der Waals surface area contributed by atoms with E-state index in [9.17, 15) is 9.18 Å². The van der Waals surface area contributed by atoms with Crippen molar-refractivity contribution in [2.45, 2.75) is 12.3 Å². The van der Waals surface area contributed by atoms with Crippen LogP contribution in [0.2, 0.25) is 5.02 Å². The van der Waals surface area contributed by atoms with Gasteiger partial charge < -0.3 is 14.4 Å². The van der Waals surface area contributed by atoms with Gasteiger partial charge in [0.15, 0.2) is 6.29 Å². The smallest absolute Gasteiger partial charge is 0.273 e. The number of ether oxygens (including phenoxy) is 2. The number of aromatic nitrogens is 2. The summed E-state index contributed by atoms with van der Waals surface area (Å²) < 4.78 is 24.1. The van der Waals surface area contributed by atoms with Gasteiger partial charge in [-0.3, -0.25) is 9.89 Å². The minimum Gasteiger partial charge on any atom is -0.354 e. The summed E-state index contributed by atoms with van der Waals surface area (Å²) in [4.78, 5) is 14.8. The molecule has 0 saturated heterocycles. The van der Waals surface area contributed by atoms with Crippen molar-refractivity contribution < 1.29 is 18.7 Å². The highest BCUT2D eigenvalue weighted by molar-refractivity contribution is 6.30. The molecule has 1 amide bonds. The number of hydrogen-bond acceptors (Lipinski definition) is 4. The van der Waals surface area contributed by atoms with Crippen LogP contribution >= 0.6 is 11.6 Å². The van der Waals surface area contributed by atoms with Crippen molar-refractivity contribution in [2.75, 3.05) is 20.8 Å². The normalized spacial score (nSPS) is 16.0. The number of benzene rings is 2. The zero-order valence-corrected chi connectivity index (χ0v) is 16.6. The number of halogens is 2. The second-order valence-electron chi connectivity index (χ2n) is 6.68. The summed E-state index contributed by atoms with van der Waals surface area (Å²) in [6.45, 7) is 0.205. The topological polar surface area (TPSA) is 67.5 Å². The lowest BCUT2D eigenvalue weighted by Crippen LogP contribution is -2.38. The lowest BCUT2D eigenvalue weighted by Gasteiger charge is -2.29. The number of H-pyrrole nitrogens is 1. The Morgan fingerprint density at radius 3 is 2.41 bits per heavy atom. The standard InChI is InChI=1S/C21H19ClFN3O3/c1-28-16(29-2)11-26-20(13-5-9-15(23)10-6-13)17-18(24-25-19(17)21(26)27)12-3-7-14(22)8-4-12/h3-10,16,20H,11H2,1-2H3,(H,24,25). The number of nitrogens with one attached hydrogen (secondary N) is 1. The molecule has 2 aromatic carbocycles. The van der Waals surface area contributed by atoms with Gasteiger partial charge in [-0.2, -0.15) is 5.10 Å². The third kappa shape index (κ3) is 3.53. The molecule has 0 bridgehead atoms. The number of aromatic amines is 1. The number of amides is 1. The average Bonchev–Trinajstić information content (AvgIpc) is 3.27. The van der Waals surface area contributed by atoms with Crippen LogP contribution in [-0.2, 0) is 9.47 Å². The third-order valence-corrected chi connectivity index (χ3v) is 5.29. The number of methoxy groups -OCH3 is 2. The molecular weight excluding hydrogens is 397 g/mol. The van der Waals surface area contributed by atoms with E-state index in [0.29, 0.717) is 16.4 Å². The van der Waals surface area contributed by atoms with Gasteiger partial charge in [-0.1, -0.05) is 35.9 Å². The highest BCUT2D eigenvalue weighted by atomic mass is 35.5. The SMILES string of the molecule is COC(CN1C(=O)c2[nH]nc(-c3ccc(Cl)cc3)c2C1c1ccc(F)cc1)OC. The fraction of sp³-hybridized carbons (Fsp3) is 0.238. The van der Waals surface area contributed by atoms with Gasteiger partial charge in [0.25, 0.3) is 5.91 Å². The van der Waals surface area contributed by atoms with Crippen molar-refractivity contribution in [3.05, 3.63) is 76.2 Å². The molecule has 1 aromatic heterocycles. The second kappa shape index (κ2) is 7.94. The predicted octanol–water partition coefficient (Wildman–Crippen LogP) is 4.03. The van der Waals surface area contributed by atoms with Crippen LogP contribution in [-0.4, -0.2) is 48.1 Å². The highest BCUT2D eigenvalue weighted by Crippen LogP contribution is 2.43. The molecule has 3 aromatic rings. The summed E-state index contributed by atoms with van der Waals surface area (Å²) in [7, 11) is 3.03. The Labute approximate surface area is 172 Å². The maximum atomic E-state index is 13.5. The van der Waals surface area contributed by atoms with E-state index in [1.807, 2.05) is 12.1 Å². The fourth-order valence-electron chi connectivity index (χ4n) is 3.61. The van der Waals surface area contributed by atoms with Crippen molar-refractivity contribution in [2.24, 2.45) is 0 Å². The van der Waals surface area contributed by atoms with Crippen molar-refractivity contribution >= 4 is 17.5 Å². The van der Waals surface area contributed by atoms with Gasteiger partial charge in [-0.15, -0.1) is 0 Å². The molecule has 1 aliphatic heterocycles. The minimum absolute atomic E-state index is 0.205. The van der Waals surface area contributed by atoms with E-state index in [2.05, 4.69) is 10.2 Å². The Bertz CT molecular complexity index is 1020. The van der Waals surface area contributed by atoms with E-state index in [1.165, 1.54) is 26.4 Å². The molecule has 0 aliphatic carbocycles. The molecule has 0 saturated carbocycles. The Kier molecular flexibility index (Phi) is 5.36. The van der Waals surface area contributed by atoms with E-state index in [0.717, 1.165) is 16.7 Å². The van der Waals surface area contributed by atoms with Crippen molar-refractivity contribution in [1.82, 2.24) is 15.1 Å². The van der Waals surface area contributed by atoms with E-state index in [4.69, 9.17) is 21.1 Å². The summed E-state index contributed by atoms with van der Waals surface area (Å²) >= 11 is 6.01. The first kappa shape index (κ1) is 19.6. The van der Waals surface area contributed by atoms with E-state index >= 15 is 0 Å². The molecular formula is C21H19ClFN3O3. The Morgan fingerprint density at radius 2 is 1.79 bits per heavy atom. The van der Waals surface area contributed by atoms with E-state index in [-0.39, 0.29) is 18.3 Å². The minimum atomic E-state index is -0.599. The van der Waals surface area contributed by atoms with E-state index < -0.39 is 12.3 Å². The number of carbonyl (C=O) groups excluding carboxylic acids is 1. The van der Waals surface area contributed by atoms with Gasteiger partial charge in [0.05, 0.1) is 18.3 Å². The summed E-state index contributed by atoms with van der Waals surface area (Å²) in [6, 6.07) is 12.9. The van der Waals surface area contributed by atoms with Crippen molar-refractivity contribution in [1.29, 1.82) is 0 Å². The quantitative estimate of drug-likeness (QED) is 0.617. The fourth-order valence-corrected chi connectivity index (χ4v) is 3.74. The number of nitrogens with zero attached hydrogens (tertiary/aromatic N) is 2. The molecule has 1 aliphatic rings. The van der Waals surface area contributed by atoms with Gasteiger partial charge >= 0.3 is 0 Å². The number of rotatable bonds is 6. The maximum absolute atomic E-state index is 13.5. The maximum Gasteiger partial charge on any atom is 0.273 e. The second-order valence-corrected chi connectivity index (χ2v) is 7.12. The van der Waals surface area contributed by atoms with Crippen LogP contribution < -0.4 is 0 Å². The molecule has 1 N–H and O–H groups in total. The first-order valence-corrected chi connectivity index (χ1v) is 9.37. The van der Waals surface area contributed by atoms with Crippen LogP contribution in [0.1, 0.15) is 27.7 Å². The van der Waals surface area contributed by atoms with Crippen LogP contribution in [0.4, 0.5) is 4.39 Å². The van der Waals surface area contributed by atoms with Crippen LogP contribution in [0, 0.1) is 5.82 Å². The molecule has 0 fully saturated rings. The monoisotopic (exact) mass is 415 g/mol. The van der Waals surface area contributed by atoms with Gasteiger partial charge in [0, 0.05) is 30.4 Å². The Balaban J connectivity index is 1.84. The molecule has 1 atom stereocenters. The first-order chi connectivity index (χ1) is 14.0. The average molecular weight is 416 g/mol. The van der Waals surface area contributed by atoms with E-state index in [1.54, 1.807) is 29.2 Å². The molecule has 4 rings (SSSR count). The predicted molar refractivity (Wildman–Crippen MR) is 106 cm³/mol. The summed E-state index contributed by atoms with van der Waals surface area (Å²) in [6.07, 6.45) is -0.599. The molecule has 0 spiro atoms. The summed E-state index contributed by atoms with van der Waals surface area (Å²) in [5.74, 6) is -0.567. The van der Waals surface area contributed by atoms with Crippen LogP contribution in [0.15, 0.2) is 48.5 Å². The lowest BCUT2D eigenvalue weighted by atomic mass is 9.96. The van der Waals surface area contributed by atoms with Gasteiger partial charge in [-0.25, -0.2) is 4.39 Å². The highest BCUT2D eigenvalue weighted by Gasteiger charge is 2.43. The zero-order valence-electron chi connectivity index (χ0n) is 15.9. The summed E-state index contributed by atoms with van der Waals surface area (Å²) in [5, 5.41) is 7.86. The van der Waals surface area contributed by atoms with Crippen molar-refractivity contribution in [3.8, 4) is 11.3 Å². The zero-order chi connectivity index (χ0) is 20.5. The van der Waals surface area contributed by atoms with Gasteiger partial charge in [0.1, 0.15) is 11.5 Å². The molecule has 0 radical (unpaired) electrons. The van der Waals surface area contributed by atoms with Crippen LogP contribution in [0.5, 0.6) is 0 Å². The Morgan fingerprint density at radius 1 is 1.14 bits per heavy atom. The number of carbonyl (C=O) groups is 1. The summed E-state index contributed by atoms with van der Waals surface area (Å²) in [5.41, 5.74) is 3.36. The first-order valence-electron chi connectivity index (χ1n) is 8.99. The van der Waals surface area contributed by atoms with Crippen molar-refractivity contribution in [3.63, 3.8) is 0 Å². The number of fused-ring (bicyclic) bond motifs is 1. The van der Waals surface area contributed by atoms with Crippen LogP contribution in [0.3, 0.4) is 0 Å². The molecule has 8 heteroatoms. The lowest BCUT2D eigenvalue weighted by molar-refractivity contribution is -0.113. The Hall–Kier alpha value is -2.74. The van der Waals surface area contributed by atoms with Gasteiger partial charge in [-0.05, 0) is 29.8 Å². The molecule has 150 valence electrons. The molecule has 1 unspecified atom stereocenters.